The Bertz CT molecular complexity index is 467. The molecule has 0 aliphatic carbocycles. The zero-order valence-electron chi connectivity index (χ0n) is 11.0. The first-order valence-electron chi connectivity index (χ1n) is 5.61. The summed E-state index contributed by atoms with van der Waals surface area (Å²) in [6.07, 6.45) is 0. The summed E-state index contributed by atoms with van der Waals surface area (Å²) in [4.78, 5) is 12.3. The van der Waals surface area contributed by atoms with Gasteiger partial charge in [0, 0.05) is 14.1 Å². The first-order chi connectivity index (χ1) is 8.05. The lowest BCUT2D eigenvalue weighted by atomic mass is 9.74. The molecule has 0 saturated heterocycles. The fraction of sp³-hybridized carbons (Fsp3) is 0.462. The van der Waals surface area contributed by atoms with Crippen LogP contribution in [0.25, 0.3) is 0 Å². The Kier molecular flexibility index (Phi) is 4.67. The van der Waals surface area contributed by atoms with Crippen molar-refractivity contribution in [2.24, 2.45) is 11.1 Å². The summed E-state index contributed by atoms with van der Waals surface area (Å²) in [5.74, 6) is -0.102. The summed E-state index contributed by atoms with van der Waals surface area (Å²) in [6, 6.07) is 5.35. The maximum atomic E-state index is 12.3. The predicted molar refractivity (Wildman–Crippen MR) is 84.8 cm³/mol. The maximum Gasteiger partial charge on any atom is 0.231 e. The van der Waals surface area contributed by atoms with Crippen molar-refractivity contribution >= 4 is 45.8 Å². The van der Waals surface area contributed by atoms with Crippen molar-refractivity contribution in [1.82, 2.24) is 0 Å². The highest BCUT2D eigenvalue weighted by Gasteiger charge is 2.40. The number of halogens is 2. The molecule has 0 bridgehead atoms. The van der Waals surface area contributed by atoms with Gasteiger partial charge in [-0.2, -0.15) is 0 Å². The van der Waals surface area contributed by atoms with E-state index < -0.39 is 11.0 Å². The second-order valence-electron chi connectivity index (χ2n) is 5.42. The standard InChI is InChI=1S/C13H18ClIN2O/c1-12(2,13(3,4)16)11(18)17-10-6-5-8(14)7-9(10)15/h5-7H,16H2,1-4H3,(H,17,18). The van der Waals surface area contributed by atoms with E-state index in [2.05, 4.69) is 27.9 Å². The van der Waals surface area contributed by atoms with Gasteiger partial charge in [-0.05, 0) is 68.5 Å². The van der Waals surface area contributed by atoms with E-state index in [1.54, 1.807) is 18.2 Å². The molecule has 0 atom stereocenters. The van der Waals surface area contributed by atoms with Gasteiger partial charge >= 0.3 is 0 Å². The van der Waals surface area contributed by atoms with Crippen LogP contribution in [0.15, 0.2) is 18.2 Å². The van der Waals surface area contributed by atoms with Crippen LogP contribution in [-0.4, -0.2) is 11.4 Å². The zero-order chi connectivity index (χ0) is 14.1. The molecule has 1 aromatic carbocycles. The number of nitrogens with two attached hydrogens (primary N) is 1. The van der Waals surface area contributed by atoms with Crippen molar-refractivity contribution in [3.05, 3.63) is 26.8 Å². The molecule has 0 aliphatic rings. The van der Waals surface area contributed by atoms with Crippen LogP contribution in [-0.2, 0) is 4.79 Å². The maximum absolute atomic E-state index is 12.3. The van der Waals surface area contributed by atoms with Gasteiger partial charge in [0.1, 0.15) is 0 Å². The Morgan fingerprint density at radius 3 is 2.33 bits per heavy atom. The van der Waals surface area contributed by atoms with Crippen LogP contribution < -0.4 is 11.1 Å². The third-order valence-electron chi connectivity index (χ3n) is 3.36. The van der Waals surface area contributed by atoms with Gasteiger partial charge in [0.05, 0.1) is 11.1 Å². The minimum Gasteiger partial charge on any atom is -0.325 e. The number of benzene rings is 1. The highest BCUT2D eigenvalue weighted by molar-refractivity contribution is 14.1. The van der Waals surface area contributed by atoms with E-state index in [0.717, 1.165) is 9.26 Å². The van der Waals surface area contributed by atoms with Crippen LogP contribution in [0.3, 0.4) is 0 Å². The van der Waals surface area contributed by atoms with Crippen molar-refractivity contribution in [3.8, 4) is 0 Å². The van der Waals surface area contributed by atoms with Crippen molar-refractivity contribution in [2.75, 3.05) is 5.32 Å². The van der Waals surface area contributed by atoms with E-state index in [9.17, 15) is 4.79 Å². The van der Waals surface area contributed by atoms with Crippen LogP contribution in [0.1, 0.15) is 27.7 Å². The smallest absolute Gasteiger partial charge is 0.231 e. The molecule has 0 aliphatic heterocycles. The molecule has 0 fully saturated rings. The number of anilines is 1. The van der Waals surface area contributed by atoms with Crippen molar-refractivity contribution in [2.45, 2.75) is 33.2 Å². The Morgan fingerprint density at radius 1 is 1.33 bits per heavy atom. The Hall–Kier alpha value is -0.330. The summed E-state index contributed by atoms with van der Waals surface area (Å²) in [5, 5.41) is 3.55. The van der Waals surface area contributed by atoms with Crippen molar-refractivity contribution < 1.29 is 4.79 Å². The molecular formula is C13H18ClIN2O. The van der Waals surface area contributed by atoms with E-state index in [4.69, 9.17) is 17.3 Å². The first-order valence-corrected chi connectivity index (χ1v) is 7.07. The minimum absolute atomic E-state index is 0.102. The Labute approximate surface area is 127 Å². The van der Waals surface area contributed by atoms with E-state index in [0.29, 0.717) is 5.02 Å². The second-order valence-corrected chi connectivity index (χ2v) is 7.02. The number of nitrogens with one attached hydrogen (secondary N) is 1. The van der Waals surface area contributed by atoms with E-state index >= 15 is 0 Å². The summed E-state index contributed by atoms with van der Waals surface area (Å²) >= 11 is 8.02. The number of hydrogen-bond acceptors (Lipinski definition) is 2. The average molecular weight is 381 g/mol. The third kappa shape index (κ3) is 3.36. The van der Waals surface area contributed by atoms with Gasteiger partial charge in [0.15, 0.2) is 0 Å². The van der Waals surface area contributed by atoms with Crippen LogP contribution in [0.5, 0.6) is 0 Å². The molecule has 5 heteroatoms. The van der Waals surface area contributed by atoms with Crippen molar-refractivity contribution in [1.29, 1.82) is 0 Å². The van der Waals surface area contributed by atoms with Crippen LogP contribution in [0, 0.1) is 8.99 Å². The fourth-order valence-electron chi connectivity index (χ4n) is 1.16. The largest absolute Gasteiger partial charge is 0.325 e. The molecule has 0 unspecified atom stereocenters. The lowest BCUT2D eigenvalue weighted by molar-refractivity contribution is -0.126. The van der Waals surface area contributed by atoms with Crippen LogP contribution in [0.4, 0.5) is 5.69 Å². The lowest BCUT2D eigenvalue weighted by Crippen LogP contribution is -2.53. The molecule has 0 radical (unpaired) electrons. The van der Waals surface area contributed by atoms with Gasteiger partial charge in [0.25, 0.3) is 0 Å². The lowest BCUT2D eigenvalue weighted by Gasteiger charge is -2.36. The summed E-state index contributed by atoms with van der Waals surface area (Å²) in [5.41, 5.74) is 5.53. The molecule has 0 spiro atoms. The molecule has 0 aromatic heterocycles. The number of carbonyl (C=O) groups excluding carboxylic acids is 1. The molecule has 100 valence electrons. The monoisotopic (exact) mass is 380 g/mol. The molecule has 1 aromatic rings. The molecular weight excluding hydrogens is 363 g/mol. The van der Waals surface area contributed by atoms with Gasteiger partial charge in [-0.1, -0.05) is 11.6 Å². The van der Waals surface area contributed by atoms with Gasteiger partial charge in [0.2, 0.25) is 5.91 Å². The van der Waals surface area contributed by atoms with Gasteiger partial charge < -0.3 is 11.1 Å². The molecule has 0 heterocycles. The Balaban J connectivity index is 2.95. The topological polar surface area (TPSA) is 55.1 Å². The normalized spacial score (nSPS) is 12.4. The van der Waals surface area contributed by atoms with Crippen LogP contribution >= 0.6 is 34.2 Å². The van der Waals surface area contributed by atoms with Crippen molar-refractivity contribution in [3.63, 3.8) is 0 Å². The van der Waals surface area contributed by atoms with E-state index in [1.165, 1.54) is 0 Å². The summed E-state index contributed by atoms with van der Waals surface area (Å²) < 4.78 is 0.902. The van der Waals surface area contributed by atoms with Crippen LogP contribution in [0.2, 0.25) is 5.02 Å². The highest BCUT2D eigenvalue weighted by Crippen LogP contribution is 2.31. The van der Waals surface area contributed by atoms with Gasteiger partial charge in [-0.3, -0.25) is 4.79 Å². The molecule has 3 N–H and O–H groups in total. The van der Waals surface area contributed by atoms with E-state index in [1.807, 2.05) is 27.7 Å². The Morgan fingerprint density at radius 2 is 1.89 bits per heavy atom. The number of amides is 1. The zero-order valence-corrected chi connectivity index (χ0v) is 13.9. The molecule has 1 amide bonds. The SMILES string of the molecule is CC(C)(N)C(C)(C)C(=O)Nc1ccc(Cl)cc1I. The first kappa shape index (κ1) is 15.7. The number of hydrogen-bond donors (Lipinski definition) is 2. The predicted octanol–water partition coefficient (Wildman–Crippen LogP) is 3.65. The molecule has 18 heavy (non-hydrogen) atoms. The molecule has 3 nitrogen and oxygen atoms in total. The van der Waals surface area contributed by atoms with Gasteiger partial charge in [-0.25, -0.2) is 0 Å². The molecule has 1 rings (SSSR count). The number of carbonyl (C=O) groups is 1. The summed E-state index contributed by atoms with van der Waals surface area (Å²) in [6.45, 7) is 7.37. The fourth-order valence-corrected chi connectivity index (χ4v) is 2.17. The second kappa shape index (κ2) is 5.35. The van der Waals surface area contributed by atoms with E-state index in [-0.39, 0.29) is 5.91 Å². The average Bonchev–Trinajstić information content (AvgIpc) is 2.20. The third-order valence-corrected chi connectivity index (χ3v) is 4.49. The summed E-state index contributed by atoms with van der Waals surface area (Å²) in [7, 11) is 0. The minimum atomic E-state index is -0.671. The number of rotatable bonds is 3. The molecule has 0 saturated carbocycles. The quantitative estimate of drug-likeness (QED) is 0.787. The highest BCUT2D eigenvalue weighted by atomic mass is 127. The van der Waals surface area contributed by atoms with Gasteiger partial charge in [-0.15, -0.1) is 0 Å².